The van der Waals surface area contributed by atoms with Crippen LogP contribution >= 0.6 is 0 Å². The van der Waals surface area contributed by atoms with Gasteiger partial charge in [0.2, 0.25) is 0 Å². The summed E-state index contributed by atoms with van der Waals surface area (Å²) in [6.07, 6.45) is 3.36. The number of hydrogen-bond donors (Lipinski definition) is 1. The Balaban J connectivity index is 1.77. The van der Waals surface area contributed by atoms with Gasteiger partial charge in [0.15, 0.2) is 9.84 Å². The number of benzene rings is 2. The first-order valence-corrected chi connectivity index (χ1v) is 10.6. The highest BCUT2D eigenvalue weighted by Gasteiger charge is 2.18. The summed E-state index contributed by atoms with van der Waals surface area (Å²) in [6, 6.07) is 15.6. The molecule has 1 heterocycles. The molecule has 0 bridgehead atoms. The number of sulfone groups is 1. The summed E-state index contributed by atoms with van der Waals surface area (Å²) in [5.74, 6) is -0.399. The minimum atomic E-state index is -3.49. The molecular formula is C22H22N2O3S. The van der Waals surface area contributed by atoms with Crippen molar-refractivity contribution in [3.63, 3.8) is 0 Å². The van der Waals surface area contributed by atoms with Crippen LogP contribution in [0.4, 0.5) is 0 Å². The number of amides is 1. The third-order valence-electron chi connectivity index (χ3n) is 4.51. The molecule has 0 fully saturated rings. The quantitative estimate of drug-likeness (QED) is 0.693. The molecule has 2 aromatic carbocycles. The lowest BCUT2D eigenvalue weighted by Gasteiger charge is -2.11. The molecule has 5 nitrogen and oxygen atoms in total. The van der Waals surface area contributed by atoms with Gasteiger partial charge >= 0.3 is 0 Å². The van der Waals surface area contributed by atoms with Gasteiger partial charge in [-0.05, 0) is 60.9 Å². The van der Waals surface area contributed by atoms with Crippen molar-refractivity contribution in [3.05, 3.63) is 94.8 Å². The summed E-state index contributed by atoms with van der Waals surface area (Å²) >= 11 is 0. The smallest absolute Gasteiger partial charge is 0.251 e. The molecule has 6 heteroatoms. The van der Waals surface area contributed by atoms with Crippen molar-refractivity contribution in [1.82, 2.24) is 10.3 Å². The maximum absolute atomic E-state index is 12.7. The minimum absolute atomic E-state index is 0.147. The van der Waals surface area contributed by atoms with Crippen LogP contribution in [0.25, 0.3) is 0 Å². The van der Waals surface area contributed by atoms with E-state index in [2.05, 4.69) is 10.3 Å². The Morgan fingerprint density at radius 2 is 1.79 bits per heavy atom. The van der Waals surface area contributed by atoms with Crippen LogP contribution in [0.2, 0.25) is 0 Å². The van der Waals surface area contributed by atoms with Crippen molar-refractivity contribution in [1.29, 1.82) is 0 Å². The van der Waals surface area contributed by atoms with E-state index in [4.69, 9.17) is 0 Å². The monoisotopic (exact) mass is 394 g/mol. The summed E-state index contributed by atoms with van der Waals surface area (Å²) in [4.78, 5) is 16.8. The number of aromatic nitrogens is 1. The van der Waals surface area contributed by atoms with E-state index >= 15 is 0 Å². The molecule has 0 unspecified atom stereocenters. The molecule has 28 heavy (non-hydrogen) atoms. The summed E-state index contributed by atoms with van der Waals surface area (Å²) in [6.45, 7) is 4.11. The van der Waals surface area contributed by atoms with Crippen LogP contribution in [0.5, 0.6) is 0 Å². The molecule has 1 aromatic heterocycles. The average molecular weight is 394 g/mol. The van der Waals surface area contributed by atoms with Crippen LogP contribution in [0, 0.1) is 13.8 Å². The van der Waals surface area contributed by atoms with Gasteiger partial charge in [-0.3, -0.25) is 9.78 Å². The normalized spacial score (nSPS) is 11.2. The van der Waals surface area contributed by atoms with Crippen molar-refractivity contribution in [2.24, 2.45) is 0 Å². The van der Waals surface area contributed by atoms with Crippen LogP contribution in [0.3, 0.4) is 0 Å². The molecule has 3 aromatic rings. The largest absolute Gasteiger partial charge is 0.348 e. The van der Waals surface area contributed by atoms with E-state index in [9.17, 15) is 13.2 Å². The van der Waals surface area contributed by atoms with Crippen LogP contribution in [-0.2, 0) is 22.1 Å². The highest BCUT2D eigenvalue weighted by molar-refractivity contribution is 7.90. The Bertz CT molecular complexity index is 1080. The van der Waals surface area contributed by atoms with Gasteiger partial charge in [0.1, 0.15) is 0 Å². The van der Waals surface area contributed by atoms with Crippen LogP contribution in [0.1, 0.15) is 32.6 Å². The molecule has 1 amide bonds. The second kappa shape index (κ2) is 8.35. The molecule has 0 atom stereocenters. The zero-order valence-corrected chi connectivity index (χ0v) is 16.7. The average Bonchev–Trinajstić information content (AvgIpc) is 2.69. The Kier molecular flexibility index (Phi) is 5.90. The lowest BCUT2D eigenvalue weighted by Crippen LogP contribution is -2.23. The van der Waals surface area contributed by atoms with Gasteiger partial charge in [0.05, 0.1) is 10.6 Å². The van der Waals surface area contributed by atoms with Crippen molar-refractivity contribution in [3.8, 4) is 0 Å². The third kappa shape index (κ3) is 4.84. The Hall–Kier alpha value is -2.99. The fourth-order valence-electron chi connectivity index (χ4n) is 2.79. The molecule has 0 aliphatic heterocycles. The van der Waals surface area contributed by atoms with Crippen molar-refractivity contribution in [2.45, 2.75) is 31.0 Å². The van der Waals surface area contributed by atoms with Gasteiger partial charge in [-0.2, -0.15) is 0 Å². The third-order valence-corrected chi connectivity index (χ3v) is 6.19. The fourth-order valence-corrected chi connectivity index (χ4v) is 4.23. The Morgan fingerprint density at radius 3 is 2.46 bits per heavy atom. The topological polar surface area (TPSA) is 76.1 Å². The van der Waals surface area contributed by atoms with E-state index in [1.54, 1.807) is 60.9 Å². The number of hydrogen-bond acceptors (Lipinski definition) is 4. The van der Waals surface area contributed by atoms with E-state index in [1.807, 2.05) is 19.9 Å². The molecule has 3 rings (SSSR count). The molecule has 1 N–H and O–H groups in total. The molecule has 0 aliphatic carbocycles. The fraction of sp³-hybridized carbons (Fsp3) is 0.182. The van der Waals surface area contributed by atoms with Gasteiger partial charge < -0.3 is 5.32 Å². The number of nitrogens with one attached hydrogen (secondary N) is 1. The highest BCUT2D eigenvalue weighted by atomic mass is 32.2. The second-order valence-corrected chi connectivity index (χ2v) is 8.75. The predicted molar refractivity (Wildman–Crippen MR) is 109 cm³/mol. The minimum Gasteiger partial charge on any atom is -0.348 e. The molecule has 144 valence electrons. The Morgan fingerprint density at radius 1 is 1.04 bits per heavy atom. The first-order valence-electron chi connectivity index (χ1n) is 8.91. The van der Waals surface area contributed by atoms with Gasteiger partial charge in [-0.15, -0.1) is 0 Å². The lowest BCUT2D eigenvalue weighted by molar-refractivity contribution is 0.0950. The van der Waals surface area contributed by atoms with E-state index in [0.717, 1.165) is 16.7 Å². The van der Waals surface area contributed by atoms with Crippen molar-refractivity contribution in [2.75, 3.05) is 0 Å². The molecule has 0 saturated carbocycles. The van der Waals surface area contributed by atoms with E-state index < -0.39 is 9.84 Å². The molecule has 0 spiro atoms. The number of carbonyl (C=O) groups is 1. The van der Waals surface area contributed by atoms with Gasteiger partial charge in [-0.25, -0.2) is 8.42 Å². The first kappa shape index (κ1) is 19.8. The lowest BCUT2D eigenvalue weighted by atomic mass is 10.1. The summed E-state index contributed by atoms with van der Waals surface area (Å²) in [5.41, 5.74) is 3.78. The van der Waals surface area contributed by atoms with E-state index in [-0.39, 0.29) is 16.6 Å². The highest BCUT2D eigenvalue weighted by Crippen LogP contribution is 2.20. The number of carbonyl (C=O) groups excluding carboxylic acids is 1. The van der Waals surface area contributed by atoms with Crippen molar-refractivity contribution >= 4 is 15.7 Å². The SMILES string of the molecule is Cc1ccc(S(=O)(=O)Cc2cc(C(=O)NCc3cccnc3)ccc2C)cc1. The zero-order chi connectivity index (χ0) is 20.1. The maximum Gasteiger partial charge on any atom is 0.251 e. The van der Waals surface area contributed by atoms with E-state index in [0.29, 0.717) is 17.7 Å². The predicted octanol–water partition coefficient (Wildman–Crippen LogP) is 3.60. The number of pyridine rings is 1. The summed E-state index contributed by atoms with van der Waals surface area (Å²) < 4.78 is 25.5. The van der Waals surface area contributed by atoms with Crippen LogP contribution < -0.4 is 5.32 Å². The second-order valence-electron chi connectivity index (χ2n) is 6.76. The summed E-state index contributed by atoms with van der Waals surface area (Å²) in [7, 11) is -3.49. The van der Waals surface area contributed by atoms with Gasteiger partial charge in [0.25, 0.3) is 5.91 Å². The summed E-state index contributed by atoms with van der Waals surface area (Å²) in [5, 5.41) is 2.83. The van der Waals surface area contributed by atoms with E-state index in [1.165, 1.54) is 0 Å². The number of nitrogens with zero attached hydrogens (tertiary/aromatic N) is 1. The zero-order valence-electron chi connectivity index (χ0n) is 15.8. The molecule has 0 aliphatic rings. The molecule has 0 radical (unpaired) electrons. The van der Waals surface area contributed by atoms with Gasteiger partial charge in [0, 0.05) is 24.5 Å². The van der Waals surface area contributed by atoms with Crippen LogP contribution in [0.15, 0.2) is 71.9 Å². The number of rotatable bonds is 6. The van der Waals surface area contributed by atoms with Crippen LogP contribution in [-0.4, -0.2) is 19.3 Å². The first-order chi connectivity index (χ1) is 13.3. The van der Waals surface area contributed by atoms with Crippen molar-refractivity contribution < 1.29 is 13.2 Å². The standard InChI is InChI=1S/C22H22N2O3S/c1-16-5-9-21(10-6-16)28(26,27)15-20-12-19(8-7-17(20)2)22(25)24-14-18-4-3-11-23-13-18/h3-13H,14-15H2,1-2H3,(H,24,25). The van der Waals surface area contributed by atoms with Gasteiger partial charge in [-0.1, -0.05) is 29.8 Å². The molecule has 0 saturated heterocycles. The number of aryl methyl sites for hydroxylation is 2. The Labute approximate surface area is 165 Å². The molecular weight excluding hydrogens is 372 g/mol. The maximum atomic E-state index is 12.7.